The standard InChI is InChI=1S/C19H33NO/c1-6-8-10-20(11-9-7-2)14-18(21)19-16(4)12-15(3)13-17(19)5/h12-13,18,21H,6-11,14H2,1-5H3. The van der Waals surface area contributed by atoms with Gasteiger partial charge in [0, 0.05) is 6.54 Å². The smallest absolute Gasteiger partial charge is 0.0922 e. The van der Waals surface area contributed by atoms with Gasteiger partial charge in [-0.05, 0) is 63.4 Å². The molecular formula is C19H33NO. The quantitative estimate of drug-likeness (QED) is 0.721. The number of hydrogen-bond donors (Lipinski definition) is 1. The summed E-state index contributed by atoms with van der Waals surface area (Å²) >= 11 is 0. The second kappa shape index (κ2) is 9.22. The van der Waals surface area contributed by atoms with Crippen molar-refractivity contribution in [1.82, 2.24) is 4.90 Å². The number of aliphatic hydroxyl groups is 1. The summed E-state index contributed by atoms with van der Waals surface area (Å²) in [4.78, 5) is 2.43. The highest BCUT2D eigenvalue weighted by Gasteiger charge is 2.17. The van der Waals surface area contributed by atoms with Crippen LogP contribution in [0.15, 0.2) is 12.1 Å². The van der Waals surface area contributed by atoms with E-state index in [-0.39, 0.29) is 6.10 Å². The molecule has 0 bridgehead atoms. The van der Waals surface area contributed by atoms with E-state index in [0.717, 1.165) is 25.2 Å². The monoisotopic (exact) mass is 291 g/mol. The van der Waals surface area contributed by atoms with Crippen LogP contribution in [0.1, 0.15) is 67.9 Å². The molecule has 1 aromatic carbocycles. The lowest BCUT2D eigenvalue weighted by atomic mass is 9.95. The zero-order valence-corrected chi connectivity index (χ0v) is 14.6. The lowest BCUT2D eigenvalue weighted by molar-refractivity contribution is 0.110. The van der Waals surface area contributed by atoms with Crippen LogP contribution in [0.25, 0.3) is 0 Å². The van der Waals surface area contributed by atoms with Crippen molar-refractivity contribution in [1.29, 1.82) is 0 Å². The average molecular weight is 291 g/mol. The number of nitrogens with zero attached hydrogens (tertiary/aromatic N) is 1. The van der Waals surface area contributed by atoms with Crippen molar-refractivity contribution in [3.05, 3.63) is 34.4 Å². The molecule has 120 valence electrons. The van der Waals surface area contributed by atoms with Crippen LogP contribution >= 0.6 is 0 Å². The number of benzene rings is 1. The predicted octanol–water partition coefficient (Wildman–Crippen LogP) is 4.55. The minimum Gasteiger partial charge on any atom is -0.387 e. The van der Waals surface area contributed by atoms with E-state index < -0.39 is 0 Å². The fraction of sp³-hybridized carbons (Fsp3) is 0.684. The molecule has 0 aromatic heterocycles. The second-order valence-corrected chi connectivity index (χ2v) is 6.34. The summed E-state index contributed by atoms with van der Waals surface area (Å²) in [6.45, 7) is 13.7. The van der Waals surface area contributed by atoms with Gasteiger partial charge < -0.3 is 10.0 Å². The van der Waals surface area contributed by atoms with E-state index in [0.29, 0.717) is 0 Å². The highest BCUT2D eigenvalue weighted by molar-refractivity contribution is 5.39. The Morgan fingerprint density at radius 3 is 1.86 bits per heavy atom. The van der Waals surface area contributed by atoms with E-state index in [9.17, 15) is 5.11 Å². The van der Waals surface area contributed by atoms with Crippen LogP contribution < -0.4 is 0 Å². The largest absolute Gasteiger partial charge is 0.387 e. The maximum Gasteiger partial charge on any atom is 0.0922 e. The van der Waals surface area contributed by atoms with Crippen molar-refractivity contribution in [2.75, 3.05) is 19.6 Å². The summed E-state index contributed by atoms with van der Waals surface area (Å²) in [5.74, 6) is 0. The van der Waals surface area contributed by atoms with Crippen LogP contribution in [0, 0.1) is 20.8 Å². The van der Waals surface area contributed by atoms with Crippen molar-refractivity contribution in [2.45, 2.75) is 66.4 Å². The molecule has 0 amide bonds. The molecule has 1 N–H and O–H groups in total. The molecule has 0 saturated heterocycles. The molecule has 0 saturated carbocycles. The Morgan fingerprint density at radius 1 is 0.952 bits per heavy atom. The van der Waals surface area contributed by atoms with E-state index in [4.69, 9.17) is 0 Å². The maximum atomic E-state index is 10.7. The molecule has 21 heavy (non-hydrogen) atoms. The Kier molecular flexibility index (Phi) is 7.98. The molecule has 0 aliphatic heterocycles. The highest BCUT2D eigenvalue weighted by Crippen LogP contribution is 2.24. The molecule has 1 aromatic rings. The molecule has 1 rings (SSSR count). The molecule has 2 nitrogen and oxygen atoms in total. The molecule has 1 atom stereocenters. The molecule has 0 fully saturated rings. The number of unbranched alkanes of at least 4 members (excludes halogenated alkanes) is 2. The van der Waals surface area contributed by atoms with Gasteiger partial charge in [0.2, 0.25) is 0 Å². The molecule has 0 radical (unpaired) electrons. The molecule has 0 heterocycles. The fourth-order valence-corrected chi connectivity index (χ4v) is 3.11. The Balaban J connectivity index is 2.78. The van der Waals surface area contributed by atoms with Crippen LogP contribution in [-0.4, -0.2) is 29.6 Å². The first-order chi connectivity index (χ1) is 9.99. The Labute approximate surface area is 131 Å². The fourth-order valence-electron chi connectivity index (χ4n) is 3.11. The SMILES string of the molecule is CCCCN(CCCC)CC(O)c1c(C)cc(C)cc1C. The Morgan fingerprint density at radius 2 is 1.43 bits per heavy atom. The van der Waals surface area contributed by atoms with Gasteiger partial charge in [0.05, 0.1) is 6.10 Å². The maximum absolute atomic E-state index is 10.7. The van der Waals surface area contributed by atoms with Crippen LogP contribution in [0.5, 0.6) is 0 Å². The van der Waals surface area contributed by atoms with Gasteiger partial charge in [0.1, 0.15) is 0 Å². The summed E-state index contributed by atoms with van der Waals surface area (Å²) in [5, 5.41) is 10.7. The van der Waals surface area contributed by atoms with Gasteiger partial charge in [-0.15, -0.1) is 0 Å². The van der Waals surface area contributed by atoms with Gasteiger partial charge in [-0.25, -0.2) is 0 Å². The number of aryl methyl sites for hydroxylation is 3. The van der Waals surface area contributed by atoms with Crippen molar-refractivity contribution in [2.24, 2.45) is 0 Å². The third kappa shape index (κ3) is 5.80. The van der Waals surface area contributed by atoms with Crippen LogP contribution in [0.2, 0.25) is 0 Å². The molecule has 1 unspecified atom stereocenters. The summed E-state index contributed by atoms with van der Waals surface area (Å²) < 4.78 is 0. The second-order valence-electron chi connectivity index (χ2n) is 6.34. The van der Waals surface area contributed by atoms with E-state index in [1.807, 2.05) is 0 Å². The molecular weight excluding hydrogens is 258 g/mol. The van der Waals surface area contributed by atoms with Crippen LogP contribution in [0.4, 0.5) is 0 Å². The third-order valence-electron chi connectivity index (χ3n) is 4.16. The molecule has 0 aliphatic carbocycles. The van der Waals surface area contributed by atoms with Gasteiger partial charge in [-0.1, -0.05) is 44.4 Å². The van der Waals surface area contributed by atoms with Crippen molar-refractivity contribution in [3.8, 4) is 0 Å². The average Bonchev–Trinajstić information content (AvgIpc) is 2.40. The van der Waals surface area contributed by atoms with Gasteiger partial charge in [0.25, 0.3) is 0 Å². The van der Waals surface area contributed by atoms with E-state index in [1.54, 1.807) is 0 Å². The van der Waals surface area contributed by atoms with E-state index in [2.05, 4.69) is 51.7 Å². The van der Waals surface area contributed by atoms with E-state index in [1.165, 1.54) is 42.4 Å². The van der Waals surface area contributed by atoms with Crippen molar-refractivity contribution in [3.63, 3.8) is 0 Å². The number of rotatable bonds is 9. The number of aliphatic hydroxyl groups excluding tert-OH is 1. The van der Waals surface area contributed by atoms with Gasteiger partial charge in [-0.2, -0.15) is 0 Å². The van der Waals surface area contributed by atoms with Gasteiger partial charge in [0.15, 0.2) is 0 Å². The Bertz CT molecular complexity index is 397. The normalized spacial score (nSPS) is 12.9. The predicted molar refractivity (Wildman–Crippen MR) is 91.9 cm³/mol. The van der Waals surface area contributed by atoms with Crippen LogP contribution in [0.3, 0.4) is 0 Å². The van der Waals surface area contributed by atoms with Crippen molar-refractivity contribution >= 4 is 0 Å². The minimum absolute atomic E-state index is 0.376. The lowest BCUT2D eigenvalue weighted by Gasteiger charge is -2.26. The first kappa shape index (κ1) is 18.2. The third-order valence-corrected chi connectivity index (χ3v) is 4.16. The summed E-state index contributed by atoms with van der Waals surface area (Å²) in [7, 11) is 0. The zero-order valence-electron chi connectivity index (χ0n) is 14.6. The first-order valence-corrected chi connectivity index (χ1v) is 8.47. The number of hydrogen-bond acceptors (Lipinski definition) is 2. The van der Waals surface area contributed by atoms with Crippen molar-refractivity contribution < 1.29 is 5.11 Å². The first-order valence-electron chi connectivity index (χ1n) is 8.47. The molecule has 0 spiro atoms. The minimum atomic E-state index is -0.376. The topological polar surface area (TPSA) is 23.5 Å². The van der Waals surface area contributed by atoms with Gasteiger partial charge in [-0.3, -0.25) is 0 Å². The van der Waals surface area contributed by atoms with Gasteiger partial charge >= 0.3 is 0 Å². The molecule has 0 aliphatic rings. The highest BCUT2D eigenvalue weighted by atomic mass is 16.3. The molecule has 2 heteroatoms. The Hall–Kier alpha value is -0.860. The van der Waals surface area contributed by atoms with E-state index >= 15 is 0 Å². The lowest BCUT2D eigenvalue weighted by Crippen LogP contribution is -2.31. The summed E-state index contributed by atoms with van der Waals surface area (Å²) in [5.41, 5.74) is 4.82. The summed E-state index contributed by atoms with van der Waals surface area (Å²) in [6, 6.07) is 4.35. The zero-order chi connectivity index (χ0) is 15.8. The van der Waals surface area contributed by atoms with Crippen LogP contribution in [-0.2, 0) is 0 Å². The summed E-state index contributed by atoms with van der Waals surface area (Å²) in [6.07, 6.45) is 4.46.